The summed E-state index contributed by atoms with van der Waals surface area (Å²) in [5, 5.41) is 59.7. The van der Waals surface area contributed by atoms with Crippen LogP contribution < -0.4 is 22.5 Å². The lowest BCUT2D eigenvalue weighted by Crippen LogP contribution is -2.43. The maximum Gasteiger partial charge on any atom is 0.358 e. The van der Waals surface area contributed by atoms with Gasteiger partial charge in [0.15, 0.2) is 31.0 Å². The highest BCUT2D eigenvalue weighted by atomic mass is 31.2. The van der Waals surface area contributed by atoms with Crippen molar-refractivity contribution in [3.05, 3.63) is 78.6 Å². The molecule has 2 aromatic heterocycles. The van der Waals surface area contributed by atoms with Crippen molar-refractivity contribution in [3.63, 3.8) is 0 Å². The molecule has 2 aromatic rings. The van der Waals surface area contributed by atoms with E-state index in [1.807, 2.05) is 9.97 Å². The fourth-order valence-corrected chi connectivity index (χ4v) is 5.44. The Labute approximate surface area is 236 Å². The Bertz CT molecular complexity index is 1570. The number of aromatic amines is 2. The third-order valence-electron chi connectivity index (χ3n) is 6.38. The number of aromatic nitrogens is 4. The third-order valence-corrected chi connectivity index (χ3v) is 7.84. The van der Waals surface area contributed by atoms with Gasteiger partial charge in [-0.3, -0.25) is 52.8 Å². The Morgan fingerprint density at radius 3 is 1.88 bits per heavy atom. The first-order chi connectivity index (χ1) is 20.4. The van der Waals surface area contributed by atoms with Gasteiger partial charge in [-0.05, 0) is 0 Å². The number of hydrogen-bond donors (Lipinski definition) is 8. The number of rotatable bonds is 12. The lowest BCUT2D eigenvalue weighted by Gasteiger charge is -2.29. The zero-order valence-electron chi connectivity index (χ0n) is 21.3. The van der Waals surface area contributed by atoms with Gasteiger partial charge in [-0.2, -0.15) is 0 Å². The predicted molar refractivity (Wildman–Crippen MR) is 131 cm³/mol. The van der Waals surface area contributed by atoms with Crippen molar-refractivity contribution >= 4 is 7.60 Å². The molecule has 43 heavy (non-hydrogen) atoms. The van der Waals surface area contributed by atoms with Gasteiger partial charge in [0.1, 0.15) is 24.4 Å². The fraction of sp³-hybridized carbons (Fsp3) is 0.500. The Kier molecular flexibility index (Phi) is 10.1. The average molecular weight is 640 g/mol. The SMILES string of the molecule is C=CP(=O)(OC(O)[C@@H]1O[C@H](n2ccc(=O)[nH]c2=O)C(O)C1O)OC(OO)[C@@H]1O[C@H](n2ccc(=O)[nH]c2=O)C(OO)C1OO. The lowest BCUT2D eigenvalue weighted by molar-refractivity contribution is -0.381. The molecule has 22 nitrogen and oxygen atoms in total. The summed E-state index contributed by atoms with van der Waals surface area (Å²) in [6, 6.07) is 1.81. The van der Waals surface area contributed by atoms with Gasteiger partial charge in [-0.25, -0.2) is 29.5 Å². The summed E-state index contributed by atoms with van der Waals surface area (Å²) in [5.41, 5.74) is -3.67. The lowest BCUT2D eigenvalue weighted by atomic mass is 10.1. The topological polar surface area (TPSA) is 313 Å². The quantitative estimate of drug-likeness (QED) is 0.0491. The smallest absolute Gasteiger partial charge is 0.358 e. The second-order valence-corrected chi connectivity index (χ2v) is 10.8. The molecule has 0 spiro atoms. The highest BCUT2D eigenvalue weighted by molar-refractivity contribution is 7.57. The van der Waals surface area contributed by atoms with Crippen LogP contribution in [0, 0.1) is 0 Å². The van der Waals surface area contributed by atoms with Crippen LogP contribution in [0.4, 0.5) is 0 Å². The van der Waals surface area contributed by atoms with Crippen molar-refractivity contribution in [3.8, 4) is 0 Å². The van der Waals surface area contributed by atoms with Gasteiger partial charge in [0.25, 0.3) is 11.1 Å². The van der Waals surface area contributed by atoms with Crippen LogP contribution in [-0.4, -0.2) is 99.4 Å². The van der Waals surface area contributed by atoms with Crippen LogP contribution in [0.2, 0.25) is 0 Å². The number of hydrogen-bond acceptors (Lipinski definition) is 18. The van der Waals surface area contributed by atoms with E-state index in [-0.39, 0.29) is 0 Å². The molecule has 0 radical (unpaired) electrons. The number of aliphatic hydroxyl groups is 3. The summed E-state index contributed by atoms with van der Waals surface area (Å²) in [6.07, 6.45) is -17.4. The van der Waals surface area contributed by atoms with Crippen molar-refractivity contribution in [1.29, 1.82) is 0 Å². The Balaban J connectivity index is 1.53. The van der Waals surface area contributed by atoms with Gasteiger partial charge in [-0.1, -0.05) is 6.58 Å². The molecule has 23 heteroatoms. The standard InChI is InChI=1S/C20H25N4O18P/c1-2-43(35,41-17(29)11-9(27)10(28)15(36-11)23-5-3-7(25)21-19(23)30)42-18(40-34)14-12(38-32)13(39-33)16(37-14)24-6-4-8(26)22-20(24)31/h2-6,9-18,27-29,32-34H,1H2,(H,21,25,30)(H,22,26,31)/t9?,10?,11-,12?,13?,14-,15+,16+,17?,18?,43?/m1/s1. The van der Waals surface area contributed by atoms with E-state index in [4.69, 9.17) is 18.5 Å². The van der Waals surface area contributed by atoms with E-state index in [9.17, 15) is 54.8 Å². The molecular formula is C20H25N4O18P. The average Bonchev–Trinajstić information content (AvgIpc) is 3.48. The summed E-state index contributed by atoms with van der Waals surface area (Å²) in [5.74, 6) is 0.498. The molecule has 7 unspecified atom stereocenters. The number of nitrogens with zero attached hydrogens (tertiary/aromatic N) is 2. The fourth-order valence-electron chi connectivity index (χ4n) is 4.35. The minimum atomic E-state index is -4.86. The van der Waals surface area contributed by atoms with Gasteiger partial charge in [0, 0.05) is 30.3 Å². The van der Waals surface area contributed by atoms with Crippen LogP contribution in [0.5, 0.6) is 0 Å². The molecule has 0 aromatic carbocycles. The van der Waals surface area contributed by atoms with Crippen LogP contribution >= 0.6 is 7.60 Å². The zero-order valence-corrected chi connectivity index (χ0v) is 22.2. The number of ether oxygens (including phenoxy) is 2. The number of H-pyrrole nitrogens is 2. The first kappa shape index (κ1) is 32.7. The number of aliphatic hydroxyl groups excluding tert-OH is 3. The molecule has 0 bridgehead atoms. The van der Waals surface area contributed by atoms with Gasteiger partial charge in [-0.15, -0.1) is 0 Å². The molecule has 0 amide bonds. The number of nitrogens with one attached hydrogen (secondary N) is 2. The molecule has 238 valence electrons. The second kappa shape index (κ2) is 13.2. The van der Waals surface area contributed by atoms with Gasteiger partial charge in [0.05, 0.1) is 0 Å². The summed E-state index contributed by atoms with van der Waals surface area (Å²) >= 11 is 0. The largest absolute Gasteiger partial charge is 0.387 e. The van der Waals surface area contributed by atoms with Crippen molar-refractivity contribution in [1.82, 2.24) is 19.1 Å². The maximum absolute atomic E-state index is 13.4. The minimum Gasteiger partial charge on any atom is -0.387 e. The van der Waals surface area contributed by atoms with Crippen molar-refractivity contribution < 1.29 is 68.8 Å². The molecule has 2 aliphatic heterocycles. The van der Waals surface area contributed by atoms with Crippen LogP contribution in [0.3, 0.4) is 0 Å². The van der Waals surface area contributed by atoms with Crippen molar-refractivity contribution in [2.45, 2.75) is 61.7 Å². The Morgan fingerprint density at radius 1 is 0.860 bits per heavy atom. The van der Waals surface area contributed by atoms with E-state index in [1.54, 1.807) is 0 Å². The zero-order chi connectivity index (χ0) is 31.6. The van der Waals surface area contributed by atoms with Gasteiger partial charge in [0.2, 0.25) is 6.29 Å². The van der Waals surface area contributed by atoms with Crippen LogP contribution in [0.1, 0.15) is 12.5 Å². The predicted octanol–water partition coefficient (Wildman–Crippen LogP) is -3.18. The summed E-state index contributed by atoms with van der Waals surface area (Å²) < 4.78 is 35.6. The Hall–Kier alpha value is -3.19. The van der Waals surface area contributed by atoms with E-state index < -0.39 is 91.8 Å². The summed E-state index contributed by atoms with van der Waals surface area (Å²) in [6.45, 7) is 3.24. The molecule has 4 heterocycles. The van der Waals surface area contributed by atoms with Crippen molar-refractivity contribution in [2.24, 2.45) is 0 Å². The molecule has 2 aliphatic rings. The third kappa shape index (κ3) is 6.52. The molecule has 2 fully saturated rings. The monoisotopic (exact) mass is 640 g/mol. The second-order valence-electron chi connectivity index (χ2n) is 8.94. The van der Waals surface area contributed by atoms with Gasteiger partial charge >= 0.3 is 19.0 Å². The van der Waals surface area contributed by atoms with E-state index >= 15 is 0 Å². The summed E-state index contributed by atoms with van der Waals surface area (Å²) in [7, 11) is -4.86. The van der Waals surface area contributed by atoms with E-state index in [1.165, 1.54) is 0 Å². The van der Waals surface area contributed by atoms with E-state index in [2.05, 4.69) is 21.2 Å². The summed E-state index contributed by atoms with van der Waals surface area (Å²) in [4.78, 5) is 63.5. The van der Waals surface area contributed by atoms with E-state index in [0.717, 1.165) is 24.5 Å². The normalized spacial score (nSPS) is 31.9. The highest BCUT2D eigenvalue weighted by Gasteiger charge is 2.55. The molecule has 11 atom stereocenters. The van der Waals surface area contributed by atoms with Crippen LogP contribution in [-0.2, 0) is 37.7 Å². The molecule has 0 saturated carbocycles. The van der Waals surface area contributed by atoms with Crippen molar-refractivity contribution in [2.75, 3.05) is 0 Å². The molecule has 0 aliphatic carbocycles. The first-order valence-electron chi connectivity index (χ1n) is 11.9. The molecule has 8 N–H and O–H groups in total. The molecule has 4 rings (SSSR count). The van der Waals surface area contributed by atoms with Gasteiger partial charge < -0.3 is 24.8 Å². The molecule has 2 saturated heterocycles. The van der Waals surface area contributed by atoms with Crippen LogP contribution in [0.15, 0.2) is 56.1 Å². The Morgan fingerprint density at radius 2 is 1.40 bits per heavy atom. The highest BCUT2D eigenvalue weighted by Crippen LogP contribution is 2.54. The first-order valence-corrected chi connectivity index (χ1v) is 13.5. The van der Waals surface area contributed by atoms with E-state index in [0.29, 0.717) is 15.0 Å². The minimum absolute atomic E-state index is 0.498. The maximum atomic E-state index is 13.4. The van der Waals surface area contributed by atoms with Crippen LogP contribution in [0.25, 0.3) is 0 Å². The molecular weight excluding hydrogens is 615 g/mol.